The number of hydrogen-bond acceptors (Lipinski definition) is 20. The maximum atomic E-state index is 11.3. The Bertz CT molecular complexity index is 3590. The van der Waals surface area contributed by atoms with E-state index in [0.29, 0.717) is 115 Å². The fraction of sp³-hybridized carbons (Fsp3) is 0.638. The van der Waals surface area contributed by atoms with Crippen LogP contribution in [0.15, 0.2) is 171 Å². The highest BCUT2D eigenvalue weighted by molar-refractivity contribution is 5.89. The van der Waals surface area contributed by atoms with Crippen LogP contribution < -0.4 is 26.6 Å². The zero-order valence-corrected chi connectivity index (χ0v) is 93.0. The van der Waals surface area contributed by atoms with Crippen LogP contribution >= 0.6 is 0 Å². The molecule has 8 atom stereocenters. The van der Waals surface area contributed by atoms with Crippen molar-refractivity contribution < 1.29 is 95.2 Å². The third-order valence-corrected chi connectivity index (χ3v) is 21.9. The third-order valence-electron chi connectivity index (χ3n) is 21.9. The number of ether oxygens (including phenoxy) is 12. The maximum Gasteiger partial charge on any atom is 0.221 e. The van der Waals surface area contributed by atoms with Crippen LogP contribution in [0.4, 0.5) is 11.4 Å². The van der Waals surface area contributed by atoms with Crippen LogP contribution in [-0.2, 0) is 102 Å². The highest BCUT2D eigenvalue weighted by Crippen LogP contribution is 2.52. The molecule has 3 saturated carbocycles. The van der Waals surface area contributed by atoms with Gasteiger partial charge in [0.05, 0.1) is 66.1 Å². The number of ketones is 3. The molecule has 0 spiro atoms. The van der Waals surface area contributed by atoms with Crippen molar-refractivity contribution in [1.29, 1.82) is 0 Å². The van der Waals surface area contributed by atoms with Crippen molar-refractivity contribution in [3.8, 4) is 11.8 Å². The molecule has 141 heavy (non-hydrogen) atoms. The molecule has 8 unspecified atom stereocenters. The van der Waals surface area contributed by atoms with Gasteiger partial charge in [-0.2, -0.15) is 0 Å². The Morgan fingerprint density at radius 2 is 0.567 bits per heavy atom. The van der Waals surface area contributed by atoms with E-state index >= 15 is 0 Å². The standard InChI is InChI=1S/C17H18N2O2.3C15H27NO2.2C14H24O2.C8H14O2.2C6H12O2.C6H10O2/c1-12(20)18-16-7-3-14(4-8-16)11-15-5-9-17(10-6-15)19-13(2)21;3*1-11(17)6-13-7-14(3,4)9-15(5,8-13)10-16-12(2)18;2*1-4-14(13-16-3)11-9-7-5-6-8-10-12-15-2;1-9-7-5-3-4-6-8-10-2;3*1-7-5-3-4-6-8-2/h3-10H,11H2,1-2H3,(H,18,20)(H,19,21);3*13H,6-10H2,1-5H3,(H,16,18);2*4,7-10,14H,1,5-6,11-13H2,2-3H3;3-6H,7-8H2,1-2H3;2*3-4H,5-6H2,1-2H3;5-6H2,1-2H3/b;;;;2*9-7-,10-8+;5-3+,6-4+;4-3+;4-3-;. The number of Topliss-reactive ketones (excluding diaryl/α,β-unsaturated/α-hetero) is 3. The quantitative estimate of drug-likeness (QED) is 0.0178. The van der Waals surface area contributed by atoms with Crippen molar-refractivity contribution in [2.45, 2.75) is 240 Å². The summed E-state index contributed by atoms with van der Waals surface area (Å²) in [5.74, 6) is 8.51. The van der Waals surface area contributed by atoms with Crippen LogP contribution in [0.5, 0.6) is 0 Å². The Morgan fingerprint density at radius 3 is 0.780 bits per heavy atom. The highest BCUT2D eigenvalue weighted by Gasteiger charge is 2.44. The minimum atomic E-state index is -0.0729. The second-order valence-electron chi connectivity index (χ2n) is 39.7. The summed E-state index contributed by atoms with van der Waals surface area (Å²) in [5.41, 5.74) is 5.05. The topological polar surface area (TPSA) is 307 Å². The lowest BCUT2D eigenvalue weighted by Crippen LogP contribution is -2.43. The van der Waals surface area contributed by atoms with Crippen LogP contribution in [0.1, 0.15) is 244 Å². The SMILES string of the molecule is C=CC(C/C=C\CC/C=C/COC)COC.C=CC(C/C=C\CC/C=C/COC)COC.CC(=O)CC1CC(C)(C)CC(C)(CNC(C)=O)C1.CC(=O)CC1CC(C)(C)CC(C)(CNC(C)=O)C1.CC(=O)CC1CC(C)(C)CC(C)(CNC(C)=O)C1.CC(=O)Nc1ccc(Cc2ccc(NC(C)=O)cc2)cc1.COC/C=C/C=C/COC.COC/C=C/COC.COC/C=C\COC.COCC#CCOC. The summed E-state index contributed by atoms with van der Waals surface area (Å²) in [7, 11) is 20.1. The van der Waals surface area contributed by atoms with Gasteiger partial charge in [-0.25, -0.2) is 0 Å². The zero-order chi connectivity index (χ0) is 108. The summed E-state index contributed by atoms with van der Waals surface area (Å²) >= 11 is 0. The van der Waals surface area contributed by atoms with Crippen LogP contribution in [0.3, 0.4) is 0 Å². The minimum absolute atomic E-state index is 0.0303. The van der Waals surface area contributed by atoms with Crippen molar-refractivity contribution in [1.82, 2.24) is 16.0 Å². The number of anilines is 2. The first-order valence-electron chi connectivity index (χ1n) is 49.5. The van der Waals surface area contributed by atoms with E-state index in [2.05, 4.69) is 160 Å². The van der Waals surface area contributed by atoms with Gasteiger partial charge in [-0.05, 0) is 209 Å². The molecule has 5 rings (SSSR count). The molecule has 0 heterocycles. The third kappa shape index (κ3) is 93.4. The number of amides is 5. The lowest BCUT2D eigenvalue weighted by atomic mass is 9.60. The number of unbranched alkanes of at least 4 members (excludes halogenated alkanes) is 2. The van der Waals surface area contributed by atoms with Gasteiger partial charge < -0.3 is 97.8 Å². The Hall–Kier alpha value is -8.72. The van der Waals surface area contributed by atoms with Gasteiger partial charge >= 0.3 is 0 Å². The lowest BCUT2D eigenvalue weighted by Gasteiger charge is -2.46. The largest absolute Gasteiger partial charge is 0.384 e. The van der Waals surface area contributed by atoms with Gasteiger partial charge in [0, 0.05) is 182 Å². The van der Waals surface area contributed by atoms with Gasteiger partial charge in [0.25, 0.3) is 0 Å². The highest BCUT2D eigenvalue weighted by atomic mass is 16.5. The van der Waals surface area contributed by atoms with E-state index in [1.54, 1.807) is 127 Å². The molecule has 3 aliphatic carbocycles. The molecule has 804 valence electrons. The van der Waals surface area contributed by atoms with Gasteiger partial charge in [0.2, 0.25) is 29.5 Å². The molecule has 25 heteroatoms. The monoisotopic (exact) mass is 1980 g/mol. The van der Waals surface area contributed by atoms with E-state index in [-0.39, 0.29) is 79.4 Å². The number of nitrogens with one attached hydrogen (secondary N) is 5. The van der Waals surface area contributed by atoms with Crippen molar-refractivity contribution in [2.24, 2.45) is 62.1 Å². The van der Waals surface area contributed by atoms with Gasteiger partial charge in [0.15, 0.2) is 0 Å². The molecular formula is C116H195N5O20. The summed E-state index contributed by atoms with van der Waals surface area (Å²) in [5, 5.41) is 14.3. The number of hydrogen-bond donors (Lipinski definition) is 5. The van der Waals surface area contributed by atoms with Crippen molar-refractivity contribution in [3.63, 3.8) is 0 Å². The molecule has 3 fully saturated rings. The molecule has 3 aliphatic rings. The van der Waals surface area contributed by atoms with E-state index in [1.807, 2.05) is 121 Å². The van der Waals surface area contributed by atoms with E-state index < -0.39 is 0 Å². The predicted octanol–water partition coefficient (Wildman–Crippen LogP) is 22.1. The number of allylic oxidation sites excluding steroid dienone is 8. The van der Waals surface area contributed by atoms with E-state index in [4.69, 9.17) is 47.4 Å². The Balaban J connectivity index is -0.000000494. The molecule has 0 radical (unpaired) electrons. The molecule has 25 nitrogen and oxygen atoms in total. The molecule has 2 aromatic rings. The first-order valence-corrected chi connectivity index (χ1v) is 49.5. The van der Waals surface area contributed by atoms with Crippen molar-refractivity contribution >= 4 is 58.3 Å². The summed E-state index contributed by atoms with van der Waals surface area (Å²) in [6, 6.07) is 15.5. The Labute approximate surface area is 855 Å². The molecule has 0 aromatic heterocycles. The normalized spacial score (nSPS) is 18.9. The first-order chi connectivity index (χ1) is 66.7. The molecule has 5 amide bonds. The number of carbonyl (C=O) groups is 8. The van der Waals surface area contributed by atoms with Crippen molar-refractivity contribution in [3.05, 3.63) is 182 Å². The second kappa shape index (κ2) is 90.1. The molecule has 0 aliphatic heterocycles. The molecular weight excluding hydrogens is 1780 g/mol. The lowest BCUT2D eigenvalue weighted by molar-refractivity contribution is -0.121. The fourth-order valence-electron chi connectivity index (χ4n) is 17.7. The minimum Gasteiger partial charge on any atom is -0.384 e. The Morgan fingerprint density at radius 1 is 0.326 bits per heavy atom. The second-order valence-corrected chi connectivity index (χ2v) is 39.7. The number of carbonyl (C=O) groups excluding carboxylic acids is 8. The average Bonchev–Trinajstić information content (AvgIpc) is 0.808. The van der Waals surface area contributed by atoms with Crippen molar-refractivity contribution in [2.75, 3.05) is 195 Å². The van der Waals surface area contributed by atoms with E-state index in [0.717, 1.165) is 158 Å². The summed E-state index contributed by atoms with van der Waals surface area (Å²) in [6.45, 7) is 50.6. The molecule has 0 saturated heterocycles. The van der Waals surface area contributed by atoms with Crippen LogP contribution in [-0.4, -0.2) is 231 Å². The van der Waals surface area contributed by atoms with E-state index in [1.165, 1.54) is 13.8 Å². The summed E-state index contributed by atoms with van der Waals surface area (Å²) in [4.78, 5) is 89.2. The fourth-order valence-corrected chi connectivity index (χ4v) is 17.7. The number of methoxy groups -OCH3 is 12. The number of benzene rings is 2. The first kappa shape index (κ1) is 141. The number of rotatable bonds is 51. The van der Waals surface area contributed by atoms with E-state index in [9.17, 15) is 38.4 Å². The van der Waals surface area contributed by atoms with Gasteiger partial charge in [-0.3, -0.25) is 24.0 Å². The average molecular weight is 1980 g/mol. The van der Waals surface area contributed by atoms with Crippen LogP contribution in [0.2, 0.25) is 0 Å². The van der Waals surface area contributed by atoms with Gasteiger partial charge in [-0.15, -0.1) is 13.2 Å². The molecule has 5 N–H and O–H groups in total. The molecule has 0 bridgehead atoms. The maximum absolute atomic E-state index is 11.3. The summed E-state index contributed by atoms with van der Waals surface area (Å²) < 4.78 is 57.9. The van der Waals surface area contributed by atoms with Gasteiger partial charge in [-0.1, -0.05) is 208 Å². The summed E-state index contributed by atoms with van der Waals surface area (Å²) in [6.07, 6.45) is 55.5. The predicted molar refractivity (Wildman–Crippen MR) is 582 cm³/mol. The molecule has 2 aromatic carbocycles. The van der Waals surface area contributed by atoms with Gasteiger partial charge in [0.1, 0.15) is 30.6 Å². The van der Waals surface area contributed by atoms with Crippen LogP contribution in [0.25, 0.3) is 0 Å². The zero-order valence-electron chi connectivity index (χ0n) is 93.0. The Kier molecular flexibility index (Phi) is 89.9. The van der Waals surface area contributed by atoms with Crippen LogP contribution in [0, 0.1) is 73.9 Å². The smallest absolute Gasteiger partial charge is 0.221 e.